The van der Waals surface area contributed by atoms with Crippen molar-refractivity contribution in [1.82, 2.24) is 5.32 Å². The van der Waals surface area contributed by atoms with Crippen molar-refractivity contribution in [1.29, 1.82) is 0 Å². The monoisotopic (exact) mass is 207 g/mol. The van der Waals surface area contributed by atoms with Crippen LogP contribution in [0.25, 0.3) is 0 Å². The predicted molar refractivity (Wildman–Crippen MR) is 64.0 cm³/mol. The molecule has 0 fully saturated rings. The maximum atomic E-state index is 9.20. The summed E-state index contributed by atoms with van der Waals surface area (Å²) < 4.78 is 0. The molecule has 2 atom stereocenters. The van der Waals surface area contributed by atoms with E-state index in [9.17, 15) is 5.11 Å². The van der Waals surface area contributed by atoms with Crippen LogP contribution in [0.5, 0.6) is 0 Å². The Morgan fingerprint density at radius 3 is 2.47 bits per heavy atom. The summed E-state index contributed by atoms with van der Waals surface area (Å²) in [5, 5.41) is 12.5. The average molecular weight is 207 g/mol. The minimum atomic E-state index is -0.293. The quantitative estimate of drug-likeness (QED) is 0.794. The molecule has 1 aromatic carbocycles. The second-order valence-electron chi connectivity index (χ2n) is 4.34. The first-order valence-corrected chi connectivity index (χ1v) is 5.49. The van der Waals surface area contributed by atoms with Crippen molar-refractivity contribution in [3.05, 3.63) is 34.9 Å². The molecule has 0 bridgehead atoms. The normalized spacial score (nSPS) is 15.0. The lowest BCUT2D eigenvalue weighted by molar-refractivity contribution is 0.187. The van der Waals surface area contributed by atoms with Gasteiger partial charge in [-0.25, -0.2) is 0 Å². The van der Waals surface area contributed by atoms with Gasteiger partial charge in [-0.15, -0.1) is 0 Å². The average Bonchev–Trinajstić information content (AvgIpc) is 2.14. The highest BCUT2D eigenvalue weighted by Gasteiger charge is 2.08. The highest BCUT2D eigenvalue weighted by Crippen LogP contribution is 2.18. The molecule has 2 N–H and O–H groups in total. The fraction of sp³-hybridized carbons (Fsp3) is 0.538. The van der Waals surface area contributed by atoms with Crippen LogP contribution < -0.4 is 5.32 Å². The van der Waals surface area contributed by atoms with E-state index in [1.165, 1.54) is 16.7 Å². The van der Waals surface area contributed by atoms with E-state index in [-0.39, 0.29) is 6.10 Å². The van der Waals surface area contributed by atoms with Gasteiger partial charge in [0.1, 0.15) is 0 Å². The maximum Gasteiger partial charge on any atom is 0.0636 e. The molecule has 0 aliphatic rings. The molecule has 15 heavy (non-hydrogen) atoms. The van der Waals surface area contributed by atoms with E-state index in [0.29, 0.717) is 12.6 Å². The van der Waals surface area contributed by atoms with Gasteiger partial charge in [0.15, 0.2) is 0 Å². The second kappa shape index (κ2) is 5.29. The van der Waals surface area contributed by atoms with E-state index in [1.807, 2.05) is 0 Å². The van der Waals surface area contributed by atoms with E-state index in [1.54, 1.807) is 6.92 Å². The van der Waals surface area contributed by atoms with Crippen LogP contribution in [0.3, 0.4) is 0 Å². The summed E-state index contributed by atoms with van der Waals surface area (Å²) in [6.45, 7) is 8.78. The third kappa shape index (κ3) is 3.65. The first-order valence-electron chi connectivity index (χ1n) is 5.49. The van der Waals surface area contributed by atoms with Gasteiger partial charge in [0.2, 0.25) is 0 Å². The van der Waals surface area contributed by atoms with Gasteiger partial charge in [0.25, 0.3) is 0 Å². The molecular weight excluding hydrogens is 186 g/mol. The Morgan fingerprint density at radius 2 is 1.93 bits per heavy atom. The molecule has 1 rings (SSSR count). The lowest BCUT2D eigenvalue weighted by atomic mass is 10.0. The lowest BCUT2D eigenvalue weighted by Gasteiger charge is -2.18. The van der Waals surface area contributed by atoms with E-state index < -0.39 is 0 Å². The molecule has 1 aromatic rings. The molecule has 2 nitrogen and oxygen atoms in total. The molecule has 0 saturated heterocycles. The van der Waals surface area contributed by atoms with Gasteiger partial charge in [0.05, 0.1) is 6.10 Å². The van der Waals surface area contributed by atoms with Crippen LogP contribution in [0.4, 0.5) is 0 Å². The van der Waals surface area contributed by atoms with Crippen molar-refractivity contribution in [2.45, 2.75) is 39.8 Å². The Bertz CT molecular complexity index is 320. The number of aryl methyl sites for hydroxylation is 2. The largest absolute Gasteiger partial charge is 0.392 e. The highest BCUT2D eigenvalue weighted by atomic mass is 16.3. The van der Waals surface area contributed by atoms with Crippen LogP contribution in [0.15, 0.2) is 18.2 Å². The molecule has 0 radical (unpaired) electrons. The van der Waals surface area contributed by atoms with Crippen LogP contribution in [0, 0.1) is 13.8 Å². The number of aliphatic hydroxyl groups is 1. The smallest absolute Gasteiger partial charge is 0.0636 e. The number of hydrogen-bond donors (Lipinski definition) is 2. The molecule has 0 spiro atoms. The zero-order chi connectivity index (χ0) is 11.4. The summed E-state index contributed by atoms with van der Waals surface area (Å²) in [7, 11) is 0. The van der Waals surface area contributed by atoms with E-state index in [2.05, 4.69) is 44.3 Å². The summed E-state index contributed by atoms with van der Waals surface area (Å²) in [6, 6.07) is 6.77. The Balaban J connectivity index is 2.69. The Hall–Kier alpha value is -0.860. The molecule has 0 aliphatic carbocycles. The SMILES string of the molecule is Cc1ccc([C@@H](C)NC[C@H](C)O)c(C)c1. The van der Waals surface area contributed by atoms with Crippen LogP contribution in [-0.4, -0.2) is 17.8 Å². The predicted octanol–water partition coefficient (Wildman–Crippen LogP) is 2.33. The zero-order valence-corrected chi connectivity index (χ0v) is 10.0. The third-order valence-electron chi connectivity index (χ3n) is 2.61. The van der Waals surface area contributed by atoms with Crippen LogP contribution >= 0.6 is 0 Å². The fourth-order valence-corrected chi connectivity index (χ4v) is 1.77. The van der Waals surface area contributed by atoms with Crippen molar-refractivity contribution in [3.8, 4) is 0 Å². The third-order valence-corrected chi connectivity index (χ3v) is 2.61. The highest BCUT2D eigenvalue weighted by molar-refractivity contribution is 5.32. The van der Waals surface area contributed by atoms with Crippen LogP contribution in [-0.2, 0) is 0 Å². The van der Waals surface area contributed by atoms with Gasteiger partial charge >= 0.3 is 0 Å². The molecule has 0 amide bonds. The number of hydrogen-bond acceptors (Lipinski definition) is 2. The molecule has 84 valence electrons. The second-order valence-corrected chi connectivity index (χ2v) is 4.34. The Morgan fingerprint density at radius 1 is 1.27 bits per heavy atom. The summed E-state index contributed by atoms with van der Waals surface area (Å²) in [5.74, 6) is 0. The molecule has 2 heteroatoms. The van der Waals surface area contributed by atoms with E-state index in [4.69, 9.17) is 0 Å². The fourth-order valence-electron chi connectivity index (χ4n) is 1.77. The standard InChI is InChI=1S/C13H21NO/c1-9-5-6-13(10(2)7-9)12(4)14-8-11(3)15/h5-7,11-12,14-15H,8H2,1-4H3/t11-,12+/m0/s1. The van der Waals surface area contributed by atoms with Crippen LogP contribution in [0.2, 0.25) is 0 Å². The molecular formula is C13H21NO. The summed E-state index contributed by atoms with van der Waals surface area (Å²) in [5.41, 5.74) is 3.90. The first kappa shape index (κ1) is 12.2. The minimum absolute atomic E-state index is 0.292. The van der Waals surface area contributed by atoms with Gasteiger partial charge in [-0.2, -0.15) is 0 Å². The lowest BCUT2D eigenvalue weighted by Crippen LogP contribution is -2.27. The number of nitrogens with one attached hydrogen (secondary N) is 1. The van der Waals surface area contributed by atoms with Crippen molar-refractivity contribution >= 4 is 0 Å². The maximum absolute atomic E-state index is 9.20. The molecule has 0 aliphatic heterocycles. The summed E-state index contributed by atoms with van der Waals surface area (Å²) in [6.07, 6.45) is -0.293. The van der Waals surface area contributed by atoms with E-state index >= 15 is 0 Å². The van der Waals surface area contributed by atoms with Gasteiger partial charge in [-0.3, -0.25) is 0 Å². The first-order chi connectivity index (χ1) is 7.00. The van der Waals surface area contributed by atoms with Gasteiger partial charge < -0.3 is 10.4 Å². The molecule has 0 saturated carbocycles. The van der Waals surface area contributed by atoms with Gasteiger partial charge in [-0.1, -0.05) is 23.8 Å². The Kier molecular flexibility index (Phi) is 4.30. The number of aliphatic hydroxyl groups excluding tert-OH is 1. The topological polar surface area (TPSA) is 32.3 Å². The van der Waals surface area contributed by atoms with Crippen molar-refractivity contribution in [2.24, 2.45) is 0 Å². The van der Waals surface area contributed by atoms with Gasteiger partial charge in [-0.05, 0) is 38.8 Å². The van der Waals surface area contributed by atoms with Crippen molar-refractivity contribution < 1.29 is 5.11 Å². The van der Waals surface area contributed by atoms with E-state index in [0.717, 1.165) is 0 Å². The van der Waals surface area contributed by atoms with Gasteiger partial charge in [0, 0.05) is 12.6 Å². The Labute approximate surface area is 92.3 Å². The number of benzene rings is 1. The molecule has 0 heterocycles. The van der Waals surface area contributed by atoms with Crippen molar-refractivity contribution in [2.75, 3.05) is 6.54 Å². The molecule has 0 unspecified atom stereocenters. The number of rotatable bonds is 4. The summed E-state index contributed by atoms with van der Waals surface area (Å²) in [4.78, 5) is 0. The van der Waals surface area contributed by atoms with Crippen molar-refractivity contribution in [3.63, 3.8) is 0 Å². The molecule has 0 aromatic heterocycles. The minimum Gasteiger partial charge on any atom is -0.392 e. The van der Waals surface area contributed by atoms with Crippen LogP contribution in [0.1, 0.15) is 36.6 Å². The summed E-state index contributed by atoms with van der Waals surface area (Å²) >= 11 is 0. The zero-order valence-electron chi connectivity index (χ0n) is 10.0.